The highest BCUT2D eigenvalue weighted by Gasteiger charge is 2.14. The summed E-state index contributed by atoms with van der Waals surface area (Å²) >= 11 is 0. The lowest BCUT2D eigenvalue weighted by atomic mass is 9.89. The van der Waals surface area contributed by atoms with Crippen LogP contribution in [-0.4, -0.2) is 11.2 Å². The van der Waals surface area contributed by atoms with Gasteiger partial charge in [0.05, 0.1) is 6.10 Å². The summed E-state index contributed by atoms with van der Waals surface area (Å²) in [7, 11) is 0. The normalized spacial score (nSPS) is 21.4. The maximum atomic E-state index is 9.03. The van der Waals surface area contributed by atoms with E-state index >= 15 is 0 Å². The molecule has 0 unspecified atom stereocenters. The van der Waals surface area contributed by atoms with Crippen molar-refractivity contribution in [3.05, 3.63) is 0 Å². The van der Waals surface area contributed by atoms with Crippen LogP contribution in [0.4, 0.5) is 36.6 Å². The summed E-state index contributed by atoms with van der Waals surface area (Å²) in [6.07, 6.45) is 4.52. The predicted molar refractivity (Wildman–Crippen MR) is 42.5 cm³/mol. The summed E-state index contributed by atoms with van der Waals surface area (Å²) < 4.78 is 64.0. The van der Waals surface area contributed by atoms with Crippen LogP contribution >= 0.6 is 0 Å². The van der Waals surface area contributed by atoms with Crippen LogP contribution < -0.4 is 0 Å². The molecule has 1 aliphatic rings. The number of hydrogen-bond donors (Lipinski definition) is 1. The fourth-order valence-electron chi connectivity index (χ4n) is 1.24. The van der Waals surface area contributed by atoms with E-state index in [1.165, 1.54) is 12.8 Å². The van der Waals surface area contributed by atoms with E-state index in [-0.39, 0.29) is 6.10 Å². The van der Waals surface area contributed by atoms with Gasteiger partial charge in [-0.25, -0.2) is 0 Å². The monoisotopic (exact) mass is 266 g/mol. The van der Waals surface area contributed by atoms with E-state index in [0.29, 0.717) is 0 Å². The van der Waals surface area contributed by atoms with Crippen LogP contribution in [-0.2, 0) is 0 Å². The summed E-state index contributed by atoms with van der Waals surface area (Å²) in [5.74, 6) is 0.860. The molecule has 1 aliphatic carbocycles. The Morgan fingerprint density at radius 1 is 0.688 bits per heavy atom. The molecule has 1 fully saturated rings. The van der Waals surface area contributed by atoms with Gasteiger partial charge in [-0.2, -0.15) is 0 Å². The van der Waals surface area contributed by atoms with E-state index in [1.807, 2.05) is 0 Å². The summed E-state index contributed by atoms with van der Waals surface area (Å²) in [6, 6.07) is 0. The second-order valence-electron chi connectivity index (χ2n) is 2.91. The van der Waals surface area contributed by atoms with Crippen molar-refractivity contribution in [3.8, 4) is 0 Å². The van der Waals surface area contributed by atoms with Crippen molar-refractivity contribution in [3.63, 3.8) is 0 Å². The topological polar surface area (TPSA) is 20.2 Å². The van der Waals surface area contributed by atoms with Gasteiger partial charge in [-0.15, -0.1) is 0 Å². The maximum absolute atomic E-state index is 9.03. The summed E-state index contributed by atoms with van der Waals surface area (Å²) in [5, 5.41) is 9.03. The highest BCUT2D eigenvalue weighted by atomic mass is 20.0. The lowest BCUT2D eigenvalue weighted by Gasteiger charge is -2.21. The van der Waals surface area contributed by atoms with E-state index in [0.717, 1.165) is 18.8 Å². The third-order valence-electron chi connectivity index (χ3n) is 1.99. The van der Waals surface area contributed by atoms with E-state index < -0.39 is 0 Å². The van der Waals surface area contributed by atoms with Crippen LogP contribution in [0.25, 0.3) is 0 Å². The summed E-state index contributed by atoms with van der Waals surface area (Å²) in [6.45, 7) is 2.26. The van der Waals surface area contributed by atoms with Crippen molar-refractivity contribution in [1.29, 1.82) is 0 Å². The number of halogens is 8. The quantitative estimate of drug-likeness (QED) is 0.617. The molecular formula is C7H14F8O. The Hall–Kier alpha value is -0.600. The zero-order valence-corrected chi connectivity index (χ0v) is 8.45. The Kier molecular flexibility index (Phi) is 44.9. The fraction of sp³-hybridized carbons (Fsp3) is 1.00. The molecule has 0 amide bonds. The Labute approximate surface area is 87.5 Å². The van der Waals surface area contributed by atoms with Gasteiger partial charge < -0.3 is 5.11 Å². The lowest BCUT2D eigenvalue weighted by molar-refractivity contribution is 0.108. The average Bonchev–Trinajstić information content (AvgIpc) is 2.42. The summed E-state index contributed by atoms with van der Waals surface area (Å²) in [4.78, 5) is 0. The Morgan fingerprint density at radius 2 is 0.938 bits per heavy atom. The van der Waals surface area contributed by atoms with Crippen LogP contribution in [0.3, 0.4) is 0 Å². The average molecular weight is 266 g/mol. The zero-order chi connectivity index (χ0) is 14.0. The first kappa shape index (κ1) is 24.6. The van der Waals surface area contributed by atoms with Gasteiger partial charge in [0.1, 0.15) is 0 Å². The molecule has 0 heterocycles. The van der Waals surface area contributed by atoms with E-state index in [4.69, 9.17) is 41.7 Å². The molecule has 0 aromatic rings. The van der Waals surface area contributed by atoms with Crippen LogP contribution in [0.2, 0.25) is 0 Å². The molecular weight excluding hydrogens is 252 g/mol. The molecule has 9 heteroatoms. The molecule has 1 rings (SSSR count). The molecule has 1 nitrogen and oxygen atoms in total. The van der Waals surface area contributed by atoms with Gasteiger partial charge in [0.15, 0.2) is 0 Å². The Balaban J connectivity index is -0.0000000771. The van der Waals surface area contributed by atoms with Gasteiger partial charge in [0, 0.05) is 36.6 Å². The van der Waals surface area contributed by atoms with Gasteiger partial charge in [-0.1, -0.05) is 6.92 Å². The van der Waals surface area contributed by atoms with Gasteiger partial charge in [-0.3, -0.25) is 0 Å². The van der Waals surface area contributed by atoms with Crippen LogP contribution in [0, 0.1) is 5.92 Å². The molecule has 104 valence electrons. The third-order valence-corrected chi connectivity index (χ3v) is 1.99. The van der Waals surface area contributed by atoms with Gasteiger partial charge >= 0.3 is 0 Å². The van der Waals surface area contributed by atoms with Crippen molar-refractivity contribution >= 4 is 0 Å². The maximum Gasteiger partial charge on any atom is 0.0540 e. The van der Waals surface area contributed by atoms with Crippen molar-refractivity contribution in [2.75, 3.05) is 0 Å². The second-order valence-corrected chi connectivity index (χ2v) is 2.91. The predicted octanol–water partition coefficient (Wildman–Crippen LogP) is 4.92. The Morgan fingerprint density at radius 3 is 1.12 bits per heavy atom. The molecule has 0 saturated heterocycles. The Bertz CT molecular complexity index is 68.8. The molecule has 0 atom stereocenters. The molecule has 0 bridgehead atoms. The smallest absolute Gasteiger partial charge is 0.0540 e. The minimum Gasteiger partial charge on any atom is -0.393 e. The molecule has 1 N–H and O–H groups in total. The largest absolute Gasteiger partial charge is 0.393 e. The van der Waals surface area contributed by atoms with E-state index in [2.05, 4.69) is 6.92 Å². The van der Waals surface area contributed by atoms with Crippen molar-refractivity contribution < 1.29 is 41.7 Å². The first-order valence-corrected chi connectivity index (χ1v) is 4.04. The molecule has 0 aromatic carbocycles. The number of rotatable bonds is 0. The highest BCUT2D eigenvalue weighted by molar-refractivity contribution is 4.67. The van der Waals surface area contributed by atoms with E-state index in [1.54, 1.807) is 0 Å². The van der Waals surface area contributed by atoms with Crippen LogP contribution in [0.15, 0.2) is 0 Å². The fourth-order valence-corrected chi connectivity index (χ4v) is 1.24. The lowest BCUT2D eigenvalue weighted by Crippen LogP contribution is -2.15. The van der Waals surface area contributed by atoms with Crippen molar-refractivity contribution in [1.82, 2.24) is 0 Å². The molecule has 0 aromatic heterocycles. The third kappa shape index (κ3) is 23.3. The minimum atomic E-state index is 0.0196. The minimum absolute atomic E-state index is 0.0196. The molecule has 0 aliphatic heterocycles. The van der Waals surface area contributed by atoms with Gasteiger partial charge in [0.25, 0.3) is 0 Å². The van der Waals surface area contributed by atoms with Crippen LogP contribution in [0.1, 0.15) is 32.6 Å². The standard InChI is InChI=1S/C7H14O.4F2/c1-6-2-4-7(8)5-3-6;4*1-2/h6-8H,2-5H2,1H3;;;;. The molecule has 16 heavy (non-hydrogen) atoms. The highest BCUT2D eigenvalue weighted by Crippen LogP contribution is 2.22. The zero-order valence-electron chi connectivity index (χ0n) is 8.45. The van der Waals surface area contributed by atoms with E-state index in [9.17, 15) is 0 Å². The number of aliphatic hydroxyl groups is 1. The first-order chi connectivity index (χ1) is 7.79. The van der Waals surface area contributed by atoms with Gasteiger partial charge in [0.2, 0.25) is 0 Å². The van der Waals surface area contributed by atoms with Crippen molar-refractivity contribution in [2.24, 2.45) is 5.92 Å². The van der Waals surface area contributed by atoms with Crippen molar-refractivity contribution in [2.45, 2.75) is 38.7 Å². The van der Waals surface area contributed by atoms with Crippen LogP contribution in [0.5, 0.6) is 0 Å². The number of aliphatic hydroxyl groups excluding tert-OH is 1. The first-order valence-electron chi connectivity index (χ1n) is 4.04. The second kappa shape index (κ2) is 29.3. The molecule has 0 spiro atoms. The summed E-state index contributed by atoms with van der Waals surface area (Å²) in [5.41, 5.74) is 0. The number of hydrogen-bond acceptors (Lipinski definition) is 1. The SMILES string of the molecule is CC1CCC(O)CC1.FF.FF.FF.FF. The molecule has 0 radical (unpaired) electrons. The molecule has 1 saturated carbocycles. The van der Waals surface area contributed by atoms with Gasteiger partial charge in [-0.05, 0) is 31.6 Å².